The molecule has 94 valence electrons. The lowest BCUT2D eigenvalue weighted by Crippen LogP contribution is -2.27. The molecular weight excluding hydrogens is 232 g/mol. The second-order valence-corrected chi connectivity index (χ2v) is 5.37. The van der Waals surface area contributed by atoms with Crippen molar-refractivity contribution < 1.29 is 4.79 Å². The molecule has 0 radical (unpaired) electrons. The normalized spacial score (nSPS) is 14.1. The molecule has 0 bridgehead atoms. The van der Waals surface area contributed by atoms with E-state index in [9.17, 15) is 4.79 Å². The number of rotatable bonds is 5. The number of hydrogen-bond acceptors (Lipinski definition) is 3. The molecule has 1 aromatic rings. The second kappa shape index (κ2) is 6.67. The molecule has 17 heavy (non-hydrogen) atoms. The molecule has 1 amide bonds. The van der Waals surface area contributed by atoms with Crippen LogP contribution in [0.15, 0.2) is 29.2 Å². The summed E-state index contributed by atoms with van der Waals surface area (Å²) in [6.07, 6.45) is 0. The van der Waals surface area contributed by atoms with Crippen LogP contribution in [0, 0.1) is 0 Å². The second-order valence-electron chi connectivity index (χ2n) is 3.95. The van der Waals surface area contributed by atoms with E-state index in [0.717, 1.165) is 4.90 Å². The highest BCUT2D eigenvalue weighted by Crippen LogP contribution is 2.24. The van der Waals surface area contributed by atoms with E-state index in [0.29, 0.717) is 6.04 Å². The summed E-state index contributed by atoms with van der Waals surface area (Å²) < 4.78 is 0. The summed E-state index contributed by atoms with van der Waals surface area (Å²) in [5, 5.41) is 5.79. The van der Waals surface area contributed by atoms with E-state index in [1.165, 1.54) is 5.56 Å². The topological polar surface area (TPSA) is 41.1 Å². The van der Waals surface area contributed by atoms with Crippen LogP contribution in [0.5, 0.6) is 0 Å². The zero-order valence-electron chi connectivity index (χ0n) is 10.8. The van der Waals surface area contributed by atoms with Gasteiger partial charge < -0.3 is 10.6 Å². The summed E-state index contributed by atoms with van der Waals surface area (Å²) in [5.74, 6) is 0.0580. The van der Waals surface area contributed by atoms with Crippen LogP contribution in [0.3, 0.4) is 0 Å². The first kappa shape index (κ1) is 14.1. The summed E-state index contributed by atoms with van der Waals surface area (Å²) in [7, 11) is 3.61. The minimum Gasteiger partial charge on any atom is -0.358 e. The summed E-state index contributed by atoms with van der Waals surface area (Å²) >= 11 is 1.57. The molecule has 0 saturated heterocycles. The molecule has 2 atom stereocenters. The Labute approximate surface area is 107 Å². The molecule has 0 heterocycles. The van der Waals surface area contributed by atoms with Crippen LogP contribution in [0.25, 0.3) is 0 Å². The first-order valence-corrected chi connectivity index (χ1v) is 6.62. The minimum absolute atomic E-state index is 0.0580. The third kappa shape index (κ3) is 4.06. The van der Waals surface area contributed by atoms with Gasteiger partial charge in [-0.25, -0.2) is 0 Å². The first-order valence-electron chi connectivity index (χ1n) is 5.74. The van der Waals surface area contributed by atoms with Crippen molar-refractivity contribution in [1.29, 1.82) is 0 Å². The standard InChI is InChI=1S/C13H20N2OS/c1-9(14-3)11-5-7-12(8-6-11)17-10(2)13(16)15-4/h5-10,14H,1-4H3,(H,15,16). The minimum atomic E-state index is -0.0624. The van der Waals surface area contributed by atoms with Crippen LogP contribution in [0.4, 0.5) is 0 Å². The van der Waals surface area contributed by atoms with Crippen LogP contribution in [-0.2, 0) is 4.79 Å². The van der Waals surface area contributed by atoms with Gasteiger partial charge in [0.2, 0.25) is 5.91 Å². The number of nitrogens with one attached hydrogen (secondary N) is 2. The van der Waals surface area contributed by atoms with Crippen molar-refractivity contribution in [2.45, 2.75) is 30.0 Å². The van der Waals surface area contributed by atoms with Crippen LogP contribution in [0.1, 0.15) is 25.5 Å². The van der Waals surface area contributed by atoms with E-state index in [2.05, 4.69) is 41.8 Å². The predicted molar refractivity (Wildman–Crippen MR) is 73.3 cm³/mol. The molecule has 3 nitrogen and oxygen atoms in total. The molecule has 0 aliphatic carbocycles. The summed E-state index contributed by atoms with van der Waals surface area (Å²) in [4.78, 5) is 12.5. The van der Waals surface area contributed by atoms with E-state index in [1.807, 2.05) is 14.0 Å². The van der Waals surface area contributed by atoms with Gasteiger partial charge >= 0.3 is 0 Å². The molecular formula is C13H20N2OS. The molecule has 2 N–H and O–H groups in total. The van der Waals surface area contributed by atoms with Crippen molar-refractivity contribution >= 4 is 17.7 Å². The number of benzene rings is 1. The molecule has 0 saturated carbocycles. The molecule has 0 aliphatic rings. The summed E-state index contributed by atoms with van der Waals surface area (Å²) in [6, 6.07) is 8.67. The molecule has 0 fully saturated rings. The molecule has 2 unspecified atom stereocenters. The lowest BCUT2D eigenvalue weighted by Gasteiger charge is -2.12. The average molecular weight is 252 g/mol. The monoisotopic (exact) mass is 252 g/mol. The lowest BCUT2D eigenvalue weighted by atomic mass is 10.1. The fourth-order valence-electron chi connectivity index (χ4n) is 1.46. The van der Waals surface area contributed by atoms with Gasteiger partial charge in [-0.15, -0.1) is 11.8 Å². The van der Waals surface area contributed by atoms with Gasteiger partial charge in [-0.2, -0.15) is 0 Å². The maximum Gasteiger partial charge on any atom is 0.232 e. The largest absolute Gasteiger partial charge is 0.358 e. The van der Waals surface area contributed by atoms with Gasteiger partial charge in [-0.1, -0.05) is 12.1 Å². The molecule has 0 aliphatic heterocycles. The van der Waals surface area contributed by atoms with Gasteiger partial charge in [0.25, 0.3) is 0 Å². The Kier molecular flexibility index (Phi) is 5.51. The number of hydrogen-bond donors (Lipinski definition) is 2. The average Bonchev–Trinajstić information content (AvgIpc) is 2.37. The Balaban J connectivity index is 2.65. The van der Waals surface area contributed by atoms with Gasteiger partial charge in [-0.05, 0) is 38.6 Å². The molecule has 1 aromatic carbocycles. The van der Waals surface area contributed by atoms with Gasteiger partial charge in [0.15, 0.2) is 0 Å². The van der Waals surface area contributed by atoms with Gasteiger partial charge in [0.05, 0.1) is 5.25 Å². The molecule has 4 heteroatoms. The molecule has 0 spiro atoms. The highest BCUT2D eigenvalue weighted by Gasteiger charge is 2.12. The SMILES string of the molecule is CNC(=O)C(C)Sc1ccc(C(C)NC)cc1. The number of thioether (sulfide) groups is 1. The van der Waals surface area contributed by atoms with E-state index < -0.39 is 0 Å². The predicted octanol–water partition coefficient (Wildman–Crippen LogP) is 2.19. The van der Waals surface area contributed by atoms with Gasteiger partial charge in [0, 0.05) is 18.0 Å². The van der Waals surface area contributed by atoms with Crippen molar-refractivity contribution in [2.24, 2.45) is 0 Å². The Morgan fingerprint density at radius 3 is 2.24 bits per heavy atom. The Hall–Kier alpha value is -1.00. The molecule has 1 rings (SSSR count). The highest BCUT2D eigenvalue weighted by atomic mass is 32.2. The van der Waals surface area contributed by atoms with Crippen molar-refractivity contribution in [3.63, 3.8) is 0 Å². The maximum atomic E-state index is 11.4. The Morgan fingerprint density at radius 2 is 1.76 bits per heavy atom. The van der Waals surface area contributed by atoms with E-state index in [1.54, 1.807) is 18.8 Å². The lowest BCUT2D eigenvalue weighted by molar-refractivity contribution is -0.119. The third-order valence-electron chi connectivity index (χ3n) is 2.74. The highest BCUT2D eigenvalue weighted by molar-refractivity contribution is 8.00. The van der Waals surface area contributed by atoms with Crippen molar-refractivity contribution in [1.82, 2.24) is 10.6 Å². The van der Waals surface area contributed by atoms with E-state index >= 15 is 0 Å². The fraction of sp³-hybridized carbons (Fsp3) is 0.462. The van der Waals surface area contributed by atoms with Crippen LogP contribution >= 0.6 is 11.8 Å². The first-order chi connectivity index (χ1) is 8.08. The third-order valence-corrected chi connectivity index (χ3v) is 3.85. The Bertz CT molecular complexity index is 364. The molecule has 0 aromatic heterocycles. The maximum absolute atomic E-state index is 11.4. The number of amides is 1. The number of carbonyl (C=O) groups excluding carboxylic acids is 1. The smallest absolute Gasteiger partial charge is 0.232 e. The van der Waals surface area contributed by atoms with Crippen molar-refractivity contribution in [2.75, 3.05) is 14.1 Å². The van der Waals surface area contributed by atoms with Crippen LogP contribution < -0.4 is 10.6 Å². The summed E-state index contributed by atoms with van der Waals surface area (Å²) in [5.41, 5.74) is 1.25. The zero-order chi connectivity index (χ0) is 12.8. The quantitative estimate of drug-likeness (QED) is 0.789. The van der Waals surface area contributed by atoms with Gasteiger partial charge in [-0.3, -0.25) is 4.79 Å². The zero-order valence-corrected chi connectivity index (χ0v) is 11.6. The Morgan fingerprint density at radius 1 is 1.18 bits per heavy atom. The summed E-state index contributed by atoms with van der Waals surface area (Å²) in [6.45, 7) is 4.03. The van der Waals surface area contributed by atoms with E-state index in [-0.39, 0.29) is 11.2 Å². The van der Waals surface area contributed by atoms with Crippen molar-refractivity contribution in [3.05, 3.63) is 29.8 Å². The van der Waals surface area contributed by atoms with E-state index in [4.69, 9.17) is 0 Å². The number of carbonyl (C=O) groups is 1. The fourth-order valence-corrected chi connectivity index (χ4v) is 2.39. The van der Waals surface area contributed by atoms with Crippen molar-refractivity contribution in [3.8, 4) is 0 Å². The van der Waals surface area contributed by atoms with Gasteiger partial charge in [0.1, 0.15) is 0 Å². The van der Waals surface area contributed by atoms with Crippen LogP contribution in [-0.4, -0.2) is 25.3 Å². The van der Waals surface area contributed by atoms with Crippen LogP contribution in [0.2, 0.25) is 0 Å².